The molecule has 0 aliphatic heterocycles. The van der Waals surface area contributed by atoms with Crippen LogP contribution in [0.5, 0.6) is 5.75 Å². The van der Waals surface area contributed by atoms with Gasteiger partial charge in [-0.1, -0.05) is 49.7 Å². The minimum absolute atomic E-state index is 0.191. The van der Waals surface area contributed by atoms with Crippen LogP contribution in [-0.4, -0.2) is 16.6 Å². The molecule has 1 aromatic heterocycles. The minimum atomic E-state index is -0.191. The molecule has 4 aromatic rings. The number of nitrogens with zero attached hydrogens (tertiary/aromatic N) is 3. The van der Waals surface area contributed by atoms with Crippen LogP contribution in [-0.2, 0) is 12.8 Å². The van der Waals surface area contributed by atoms with Gasteiger partial charge in [-0.05, 0) is 54.0 Å². The maximum absolute atomic E-state index is 15.1. The average Bonchev–Trinajstić information content (AvgIpc) is 2.84. The Kier molecular flexibility index (Phi) is 6.72. The Bertz CT molecular complexity index is 1250. The summed E-state index contributed by atoms with van der Waals surface area (Å²) in [5, 5.41) is 10.3. The van der Waals surface area contributed by atoms with Crippen molar-refractivity contribution < 1.29 is 9.13 Å². The van der Waals surface area contributed by atoms with E-state index in [9.17, 15) is 0 Å². The first-order valence-electron chi connectivity index (χ1n) is 10.8. The second kappa shape index (κ2) is 10.0. The fourth-order valence-electron chi connectivity index (χ4n) is 3.57. The molecule has 0 N–H and O–H groups in total. The van der Waals surface area contributed by atoms with Gasteiger partial charge in [0.1, 0.15) is 5.82 Å². The summed E-state index contributed by atoms with van der Waals surface area (Å²) in [4.78, 5) is 8.80. The second-order valence-corrected chi connectivity index (χ2v) is 7.73. The second-order valence-electron chi connectivity index (χ2n) is 7.73. The highest BCUT2D eigenvalue weighted by molar-refractivity contribution is 5.87. The Balaban J connectivity index is 1.49. The molecule has 0 amide bonds. The summed E-state index contributed by atoms with van der Waals surface area (Å²) in [5.74, 6) is 1.05. The first kappa shape index (κ1) is 21.5. The molecule has 3 aromatic carbocycles. The molecule has 0 spiro atoms. The molecule has 1 heterocycles. The Morgan fingerprint density at radius 1 is 0.969 bits per heavy atom. The number of aryl methyl sites for hydroxylation is 2. The van der Waals surface area contributed by atoms with Crippen LogP contribution in [0.2, 0.25) is 0 Å². The van der Waals surface area contributed by atoms with Gasteiger partial charge in [-0.15, -0.1) is 0 Å². The standard InChI is InChI=1S/C27H24FN3O/c1-2-3-14-32-24-17-30-27(31-18-24)23-12-13-25-22(15-23)11-10-21(26(25)28)9-8-19-4-6-20(16-29)7-5-19/h4-7,10-13,15,17-18H,2-3,8-9,14H2,1H3. The third-order valence-electron chi connectivity index (χ3n) is 5.45. The van der Waals surface area contributed by atoms with Crippen molar-refractivity contribution in [1.29, 1.82) is 5.26 Å². The van der Waals surface area contributed by atoms with Gasteiger partial charge in [0, 0.05) is 10.9 Å². The summed E-state index contributed by atoms with van der Waals surface area (Å²) in [5.41, 5.74) is 3.23. The van der Waals surface area contributed by atoms with E-state index in [4.69, 9.17) is 10.00 Å². The van der Waals surface area contributed by atoms with Crippen molar-refractivity contribution in [2.45, 2.75) is 32.6 Å². The van der Waals surface area contributed by atoms with Gasteiger partial charge in [-0.25, -0.2) is 14.4 Å². The summed E-state index contributed by atoms with van der Waals surface area (Å²) >= 11 is 0. The molecular formula is C27H24FN3O. The Morgan fingerprint density at radius 3 is 2.47 bits per heavy atom. The molecule has 5 heteroatoms. The van der Waals surface area contributed by atoms with E-state index >= 15 is 4.39 Å². The van der Waals surface area contributed by atoms with Crippen LogP contribution in [0.3, 0.4) is 0 Å². The lowest BCUT2D eigenvalue weighted by Gasteiger charge is -2.09. The number of hydrogen-bond donors (Lipinski definition) is 0. The maximum atomic E-state index is 15.1. The van der Waals surface area contributed by atoms with Crippen LogP contribution < -0.4 is 4.74 Å². The highest BCUT2D eigenvalue weighted by atomic mass is 19.1. The molecule has 4 nitrogen and oxygen atoms in total. The van der Waals surface area contributed by atoms with E-state index in [-0.39, 0.29) is 5.82 Å². The number of benzene rings is 3. The number of halogens is 1. The van der Waals surface area contributed by atoms with Crippen molar-refractivity contribution in [3.8, 4) is 23.2 Å². The monoisotopic (exact) mass is 425 g/mol. The van der Waals surface area contributed by atoms with Crippen molar-refractivity contribution in [2.75, 3.05) is 6.61 Å². The lowest BCUT2D eigenvalue weighted by atomic mass is 9.98. The van der Waals surface area contributed by atoms with E-state index < -0.39 is 0 Å². The molecule has 0 aliphatic rings. The Hall–Kier alpha value is -3.78. The van der Waals surface area contributed by atoms with E-state index in [0.29, 0.717) is 47.5 Å². The first-order chi connectivity index (χ1) is 15.7. The maximum Gasteiger partial charge on any atom is 0.159 e. The van der Waals surface area contributed by atoms with Crippen molar-refractivity contribution in [1.82, 2.24) is 9.97 Å². The van der Waals surface area contributed by atoms with Gasteiger partial charge in [-0.2, -0.15) is 5.26 Å². The molecule has 0 aliphatic carbocycles. The zero-order chi connectivity index (χ0) is 22.3. The molecule has 4 rings (SSSR count). The van der Waals surface area contributed by atoms with Crippen molar-refractivity contribution in [3.05, 3.63) is 89.5 Å². The zero-order valence-corrected chi connectivity index (χ0v) is 18.0. The molecule has 0 atom stereocenters. The highest BCUT2D eigenvalue weighted by Gasteiger charge is 2.10. The van der Waals surface area contributed by atoms with Gasteiger partial charge >= 0.3 is 0 Å². The lowest BCUT2D eigenvalue weighted by Crippen LogP contribution is -1.98. The summed E-state index contributed by atoms with van der Waals surface area (Å²) in [6.45, 7) is 2.77. The number of ether oxygens (including phenoxy) is 1. The van der Waals surface area contributed by atoms with E-state index in [1.54, 1.807) is 30.6 Å². The lowest BCUT2D eigenvalue weighted by molar-refractivity contribution is 0.307. The van der Waals surface area contributed by atoms with Gasteiger partial charge in [0.05, 0.1) is 30.6 Å². The number of fused-ring (bicyclic) bond motifs is 1. The van der Waals surface area contributed by atoms with Crippen LogP contribution in [0.1, 0.15) is 36.5 Å². The van der Waals surface area contributed by atoms with Gasteiger partial charge in [0.15, 0.2) is 11.6 Å². The predicted octanol–water partition coefficient (Wildman–Crippen LogP) is 6.27. The van der Waals surface area contributed by atoms with Crippen LogP contribution >= 0.6 is 0 Å². The summed E-state index contributed by atoms with van der Waals surface area (Å²) in [7, 11) is 0. The van der Waals surface area contributed by atoms with E-state index in [1.165, 1.54) is 0 Å². The molecule has 0 unspecified atom stereocenters. The van der Waals surface area contributed by atoms with Crippen molar-refractivity contribution in [2.24, 2.45) is 0 Å². The van der Waals surface area contributed by atoms with E-state index in [2.05, 4.69) is 23.0 Å². The molecule has 0 bridgehead atoms. The topological polar surface area (TPSA) is 58.8 Å². The quantitative estimate of drug-likeness (QED) is 0.312. The molecule has 0 saturated heterocycles. The Labute approximate surface area is 187 Å². The predicted molar refractivity (Wildman–Crippen MR) is 124 cm³/mol. The average molecular weight is 426 g/mol. The van der Waals surface area contributed by atoms with Crippen LogP contribution in [0.4, 0.5) is 4.39 Å². The molecule has 0 radical (unpaired) electrons. The largest absolute Gasteiger partial charge is 0.490 e. The van der Waals surface area contributed by atoms with Gasteiger partial charge in [0.25, 0.3) is 0 Å². The number of aromatic nitrogens is 2. The van der Waals surface area contributed by atoms with Gasteiger partial charge in [-0.3, -0.25) is 0 Å². The number of hydrogen-bond acceptors (Lipinski definition) is 4. The van der Waals surface area contributed by atoms with Crippen molar-refractivity contribution in [3.63, 3.8) is 0 Å². The normalized spacial score (nSPS) is 10.8. The molecule has 0 saturated carbocycles. The molecule has 32 heavy (non-hydrogen) atoms. The number of unbranched alkanes of at least 4 members (excludes halogenated alkanes) is 1. The SMILES string of the molecule is CCCCOc1cnc(-c2ccc3c(F)c(CCc4ccc(C#N)cc4)ccc3c2)nc1. The summed E-state index contributed by atoms with van der Waals surface area (Å²) in [6, 6.07) is 18.9. The van der Waals surface area contributed by atoms with E-state index in [1.807, 2.05) is 36.4 Å². The summed E-state index contributed by atoms with van der Waals surface area (Å²) < 4.78 is 20.7. The van der Waals surface area contributed by atoms with Gasteiger partial charge in [0.2, 0.25) is 0 Å². The van der Waals surface area contributed by atoms with Crippen LogP contribution in [0.25, 0.3) is 22.2 Å². The molecule has 160 valence electrons. The smallest absolute Gasteiger partial charge is 0.159 e. The highest BCUT2D eigenvalue weighted by Crippen LogP contribution is 2.27. The minimum Gasteiger partial charge on any atom is -0.490 e. The molecular weight excluding hydrogens is 401 g/mol. The van der Waals surface area contributed by atoms with Crippen molar-refractivity contribution >= 4 is 10.8 Å². The summed E-state index contributed by atoms with van der Waals surface area (Å²) in [6.07, 6.45) is 6.73. The van der Waals surface area contributed by atoms with Gasteiger partial charge < -0.3 is 4.74 Å². The Morgan fingerprint density at radius 2 is 1.75 bits per heavy atom. The third-order valence-corrected chi connectivity index (χ3v) is 5.45. The first-order valence-corrected chi connectivity index (χ1v) is 10.8. The van der Waals surface area contributed by atoms with E-state index in [0.717, 1.165) is 29.4 Å². The fourth-order valence-corrected chi connectivity index (χ4v) is 3.57. The van der Waals surface area contributed by atoms with Crippen LogP contribution in [0, 0.1) is 17.1 Å². The fraction of sp³-hybridized carbons (Fsp3) is 0.222. The third kappa shape index (κ3) is 4.92. The zero-order valence-electron chi connectivity index (χ0n) is 18.0. The van der Waals surface area contributed by atoms with Crippen LogP contribution in [0.15, 0.2) is 67.0 Å². The number of nitriles is 1. The molecule has 0 fully saturated rings. The number of rotatable bonds is 8.